The Morgan fingerprint density at radius 3 is 2.38 bits per heavy atom. The second-order valence-corrected chi connectivity index (χ2v) is 2.52. The molecule has 0 saturated carbocycles. The Labute approximate surface area is 76.5 Å². The summed E-state index contributed by atoms with van der Waals surface area (Å²) in [6, 6.07) is 3.32. The van der Waals surface area contributed by atoms with E-state index < -0.39 is 17.9 Å². The molecule has 0 bridgehead atoms. The van der Waals surface area contributed by atoms with Crippen LogP contribution in [0.25, 0.3) is 0 Å². The van der Waals surface area contributed by atoms with E-state index in [1.165, 1.54) is 6.07 Å². The fourth-order valence-electron chi connectivity index (χ4n) is 0.704. The molecule has 71 valence electrons. The summed E-state index contributed by atoms with van der Waals surface area (Å²) in [6.45, 7) is 0. The van der Waals surface area contributed by atoms with Crippen LogP contribution in [0.2, 0.25) is 5.02 Å². The largest absolute Gasteiger partial charge is 0.573 e. The molecule has 0 saturated heterocycles. The minimum absolute atomic E-state index is 0.357. The topological polar surface area (TPSA) is 29.1 Å². The summed E-state index contributed by atoms with van der Waals surface area (Å²) in [7, 11) is 0. The van der Waals surface area contributed by atoms with Crippen molar-refractivity contribution in [3.8, 4) is 11.5 Å². The van der Waals surface area contributed by atoms with E-state index in [2.05, 4.69) is 4.74 Å². The Bertz CT molecular complexity index is 291. The maximum atomic E-state index is 11.7. The molecule has 0 aliphatic rings. The van der Waals surface area contributed by atoms with Gasteiger partial charge in [-0.1, -0.05) is 17.7 Å². The van der Waals surface area contributed by atoms with Gasteiger partial charge in [-0.3, -0.25) is 5.11 Å². The van der Waals surface area contributed by atoms with Gasteiger partial charge in [0.2, 0.25) is 5.75 Å². The zero-order chi connectivity index (χ0) is 10.1. The summed E-state index contributed by atoms with van der Waals surface area (Å²) in [4.78, 5) is 0. The van der Waals surface area contributed by atoms with Crippen LogP contribution >= 0.6 is 11.6 Å². The third-order valence-electron chi connectivity index (χ3n) is 1.15. The van der Waals surface area contributed by atoms with Gasteiger partial charge in [-0.15, -0.1) is 13.2 Å². The van der Waals surface area contributed by atoms with Gasteiger partial charge in [0, 0.05) is 0 Å². The first-order valence-corrected chi connectivity index (χ1v) is 3.49. The van der Waals surface area contributed by atoms with Crippen molar-refractivity contribution in [2.75, 3.05) is 0 Å². The number of halogens is 4. The zero-order valence-corrected chi connectivity index (χ0v) is 6.82. The second kappa shape index (κ2) is 3.33. The molecule has 0 atom stereocenters. The molecule has 1 radical (unpaired) electrons. The standard InChI is InChI=1S/C7H3ClF3O2/c8-4-2-1-3-5(12)6(4)13-7(9,10)11/h1-3H. The third-order valence-corrected chi connectivity index (χ3v) is 1.45. The number of hydrogen-bond donors (Lipinski definition) is 0. The van der Waals surface area contributed by atoms with Crippen molar-refractivity contribution in [3.05, 3.63) is 23.2 Å². The van der Waals surface area contributed by atoms with E-state index in [0.717, 1.165) is 12.1 Å². The Kier molecular flexibility index (Phi) is 2.56. The van der Waals surface area contributed by atoms with E-state index in [4.69, 9.17) is 11.6 Å². The van der Waals surface area contributed by atoms with Crippen LogP contribution in [0, 0.1) is 0 Å². The SMILES string of the molecule is [O]c1cccc(Cl)c1OC(F)(F)F. The Morgan fingerprint density at radius 2 is 1.92 bits per heavy atom. The van der Waals surface area contributed by atoms with Crippen LogP contribution in [0.1, 0.15) is 0 Å². The molecule has 1 rings (SSSR count). The first-order valence-electron chi connectivity index (χ1n) is 3.11. The van der Waals surface area contributed by atoms with Gasteiger partial charge in [0.1, 0.15) is 0 Å². The monoisotopic (exact) mass is 211 g/mol. The van der Waals surface area contributed by atoms with Crippen molar-refractivity contribution in [3.63, 3.8) is 0 Å². The maximum absolute atomic E-state index is 11.7. The Hall–Kier alpha value is -1.10. The second-order valence-electron chi connectivity index (χ2n) is 2.11. The maximum Gasteiger partial charge on any atom is 0.573 e. The highest BCUT2D eigenvalue weighted by molar-refractivity contribution is 6.32. The predicted molar refractivity (Wildman–Crippen MR) is 38.3 cm³/mol. The van der Waals surface area contributed by atoms with Crippen LogP contribution in [-0.4, -0.2) is 6.36 Å². The lowest BCUT2D eigenvalue weighted by Crippen LogP contribution is -2.17. The van der Waals surface area contributed by atoms with Gasteiger partial charge < -0.3 is 4.74 Å². The first-order chi connectivity index (χ1) is 5.90. The lowest BCUT2D eigenvalue weighted by atomic mass is 10.3. The van der Waals surface area contributed by atoms with E-state index in [1.807, 2.05) is 0 Å². The number of para-hydroxylation sites is 1. The first kappa shape index (κ1) is 9.98. The molecule has 6 heteroatoms. The van der Waals surface area contributed by atoms with E-state index in [9.17, 15) is 18.3 Å². The quantitative estimate of drug-likeness (QED) is 0.700. The fourth-order valence-corrected chi connectivity index (χ4v) is 0.908. The summed E-state index contributed by atoms with van der Waals surface area (Å²) in [5.74, 6) is -1.79. The molecule has 0 unspecified atom stereocenters. The van der Waals surface area contributed by atoms with Gasteiger partial charge in [-0.25, -0.2) is 0 Å². The molecule has 0 N–H and O–H groups in total. The van der Waals surface area contributed by atoms with E-state index in [0.29, 0.717) is 0 Å². The molecule has 13 heavy (non-hydrogen) atoms. The number of hydrogen-bond acceptors (Lipinski definition) is 1. The third kappa shape index (κ3) is 2.69. The lowest BCUT2D eigenvalue weighted by molar-refractivity contribution is -0.275. The number of benzene rings is 1. The molecule has 0 fully saturated rings. The average molecular weight is 212 g/mol. The predicted octanol–water partition coefficient (Wildman–Crippen LogP) is 3.38. The van der Waals surface area contributed by atoms with Crippen molar-refractivity contribution in [2.45, 2.75) is 6.36 Å². The van der Waals surface area contributed by atoms with E-state index in [1.54, 1.807) is 0 Å². The van der Waals surface area contributed by atoms with Gasteiger partial charge in [-0.2, -0.15) is 0 Å². The number of alkyl halides is 3. The molecule has 1 aromatic rings. The molecule has 0 aromatic heterocycles. The van der Waals surface area contributed by atoms with Crippen LogP contribution in [0.4, 0.5) is 13.2 Å². The van der Waals surface area contributed by atoms with Crippen molar-refractivity contribution in [1.82, 2.24) is 0 Å². The van der Waals surface area contributed by atoms with Crippen LogP contribution in [0.3, 0.4) is 0 Å². The summed E-state index contributed by atoms with van der Waals surface area (Å²) in [6.07, 6.45) is -4.90. The number of ether oxygens (including phenoxy) is 1. The van der Waals surface area contributed by atoms with Crippen LogP contribution in [-0.2, 0) is 5.11 Å². The minimum atomic E-state index is -4.90. The molecular formula is C7H3ClF3O2. The van der Waals surface area contributed by atoms with Gasteiger partial charge in [-0.05, 0) is 12.1 Å². The van der Waals surface area contributed by atoms with E-state index >= 15 is 0 Å². The molecule has 2 nitrogen and oxygen atoms in total. The molecule has 0 aliphatic carbocycles. The van der Waals surface area contributed by atoms with Crippen LogP contribution in [0.5, 0.6) is 11.5 Å². The number of rotatable bonds is 1. The lowest BCUT2D eigenvalue weighted by Gasteiger charge is -2.09. The Balaban J connectivity index is 3.00. The Morgan fingerprint density at radius 1 is 1.31 bits per heavy atom. The average Bonchev–Trinajstić information content (AvgIpc) is 1.95. The molecule has 0 aliphatic heterocycles. The van der Waals surface area contributed by atoms with Gasteiger partial charge in [0.05, 0.1) is 5.02 Å². The van der Waals surface area contributed by atoms with Crippen LogP contribution in [0.15, 0.2) is 18.2 Å². The molecule has 1 aromatic carbocycles. The molecular weight excluding hydrogens is 209 g/mol. The van der Waals surface area contributed by atoms with Gasteiger partial charge in [0.15, 0.2) is 5.75 Å². The summed E-state index contributed by atoms with van der Waals surface area (Å²) in [5, 5.41) is 10.5. The molecule has 0 spiro atoms. The van der Waals surface area contributed by atoms with Crippen molar-refractivity contribution >= 4 is 11.6 Å². The summed E-state index contributed by atoms with van der Waals surface area (Å²) in [5.41, 5.74) is 0. The molecule has 0 heterocycles. The highest BCUT2D eigenvalue weighted by Crippen LogP contribution is 2.37. The van der Waals surface area contributed by atoms with E-state index in [-0.39, 0.29) is 5.02 Å². The normalized spacial score (nSPS) is 11.4. The fraction of sp³-hybridized carbons (Fsp3) is 0.143. The summed E-state index contributed by atoms with van der Waals surface area (Å²) >= 11 is 5.31. The molecule has 0 amide bonds. The smallest absolute Gasteiger partial charge is 0.400 e. The highest BCUT2D eigenvalue weighted by atomic mass is 35.5. The minimum Gasteiger partial charge on any atom is -0.400 e. The van der Waals surface area contributed by atoms with Crippen LogP contribution < -0.4 is 4.74 Å². The van der Waals surface area contributed by atoms with Gasteiger partial charge in [0.25, 0.3) is 0 Å². The zero-order valence-electron chi connectivity index (χ0n) is 6.06. The van der Waals surface area contributed by atoms with Crippen molar-refractivity contribution < 1.29 is 23.0 Å². The van der Waals surface area contributed by atoms with Crippen molar-refractivity contribution in [1.29, 1.82) is 0 Å². The highest BCUT2D eigenvalue weighted by Gasteiger charge is 2.33. The summed E-state index contributed by atoms with van der Waals surface area (Å²) < 4.78 is 38.5. The van der Waals surface area contributed by atoms with Crippen molar-refractivity contribution in [2.24, 2.45) is 0 Å². The van der Waals surface area contributed by atoms with Gasteiger partial charge >= 0.3 is 6.36 Å².